The SMILES string of the molecule is O=C(O)c1cc(O)c(N=Nc2ccc(S(=O)(=O)CCOS(=O)(=O)O)cc2S(=O)(=O)O)c(O)c1N=Nc1ccc(S(=O)(=O)CCOS(=O)(=O)O)cc1S(=O)(=O)O. The van der Waals surface area contributed by atoms with Crippen LogP contribution in [0.25, 0.3) is 0 Å². The summed E-state index contributed by atoms with van der Waals surface area (Å²) >= 11 is 0. The molecule has 3 aromatic carbocycles. The number of hydrogen-bond donors (Lipinski definition) is 7. The van der Waals surface area contributed by atoms with E-state index in [0.29, 0.717) is 42.5 Å². The largest absolute Gasteiger partial charge is 0.505 e. The molecule has 302 valence electrons. The Morgan fingerprint density at radius 2 is 0.945 bits per heavy atom. The van der Waals surface area contributed by atoms with E-state index < -0.39 is 151 Å². The Balaban J connectivity index is 2.12. The highest BCUT2D eigenvalue weighted by atomic mass is 32.3. The summed E-state index contributed by atoms with van der Waals surface area (Å²) in [6, 6.07) is 3.68. The van der Waals surface area contributed by atoms with Gasteiger partial charge in [0.2, 0.25) is 0 Å². The van der Waals surface area contributed by atoms with Crippen molar-refractivity contribution in [1.82, 2.24) is 0 Å². The van der Waals surface area contributed by atoms with Crippen molar-refractivity contribution in [3.05, 3.63) is 48.0 Å². The molecule has 3 rings (SSSR count). The lowest BCUT2D eigenvalue weighted by Crippen LogP contribution is -2.16. The summed E-state index contributed by atoms with van der Waals surface area (Å²) in [4.78, 5) is 7.65. The standard InChI is InChI=1S/C23H22N4O22S6/c28-17-11-14(23(30)31)20(26-24-15-3-1-12(9-18(15)52(36,37)38)50(32,33)7-5-48-54(42,43)44)22(29)21(17)27-25-16-4-2-13(10-19(16)53(39,40)41)51(34,35)8-6-49-55(45,46)47/h1-4,9-11,28-29H,5-8H2,(H,30,31)(H,36,37,38)(H,39,40,41)(H,42,43,44)(H,45,46,47). The van der Waals surface area contributed by atoms with Crippen LogP contribution in [0.5, 0.6) is 11.5 Å². The zero-order valence-electron chi connectivity index (χ0n) is 26.4. The maximum atomic E-state index is 12.6. The average Bonchev–Trinajstić information content (AvgIpc) is 3.01. The first-order valence-corrected chi connectivity index (χ1v) is 22.4. The smallest absolute Gasteiger partial charge is 0.397 e. The second-order valence-electron chi connectivity index (χ2n) is 10.0. The van der Waals surface area contributed by atoms with Crippen molar-refractivity contribution in [2.24, 2.45) is 20.5 Å². The van der Waals surface area contributed by atoms with E-state index in [9.17, 15) is 79.7 Å². The third-order valence-corrected chi connectivity index (χ3v) is 12.3. The van der Waals surface area contributed by atoms with Crippen molar-refractivity contribution in [1.29, 1.82) is 0 Å². The first-order chi connectivity index (χ1) is 24.9. The van der Waals surface area contributed by atoms with Gasteiger partial charge in [-0.15, -0.1) is 20.5 Å². The van der Waals surface area contributed by atoms with Crippen LogP contribution in [0, 0.1) is 0 Å². The first-order valence-electron chi connectivity index (χ1n) is 13.5. The van der Waals surface area contributed by atoms with Crippen LogP contribution >= 0.6 is 0 Å². The highest BCUT2D eigenvalue weighted by Gasteiger charge is 2.27. The molecule has 0 saturated carbocycles. The van der Waals surface area contributed by atoms with Crippen LogP contribution in [0.3, 0.4) is 0 Å². The van der Waals surface area contributed by atoms with Gasteiger partial charge < -0.3 is 15.3 Å². The van der Waals surface area contributed by atoms with Crippen LogP contribution in [0.1, 0.15) is 10.4 Å². The molecule has 0 amide bonds. The van der Waals surface area contributed by atoms with Gasteiger partial charge in [-0.1, -0.05) is 0 Å². The van der Waals surface area contributed by atoms with Gasteiger partial charge in [0.15, 0.2) is 31.1 Å². The molecule has 0 bridgehead atoms. The number of aromatic carboxylic acids is 1. The number of azo groups is 2. The van der Waals surface area contributed by atoms with Crippen molar-refractivity contribution in [2.75, 3.05) is 24.7 Å². The molecule has 0 aromatic heterocycles. The number of rotatable bonds is 17. The molecule has 0 spiro atoms. The van der Waals surface area contributed by atoms with E-state index in [1.807, 2.05) is 0 Å². The minimum atomic E-state index is -5.38. The van der Waals surface area contributed by atoms with Gasteiger partial charge in [-0.2, -0.15) is 33.7 Å². The molecule has 0 radical (unpaired) electrons. The normalized spacial score (nSPS) is 13.5. The summed E-state index contributed by atoms with van der Waals surface area (Å²) in [7, 11) is -30.0. The number of phenolic OH excluding ortho intramolecular Hbond substituents is 2. The fraction of sp³-hybridized carbons (Fsp3) is 0.174. The van der Waals surface area contributed by atoms with Gasteiger partial charge in [-0.25, -0.2) is 30.0 Å². The summed E-state index contributed by atoms with van der Waals surface area (Å²) in [5, 5.41) is 44.5. The fourth-order valence-electron chi connectivity index (χ4n) is 3.89. The molecule has 55 heavy (non-hydrogen) atoms. The number of carboxylic acid groups (broad SMARTS) is 1. The second kappa shape index (κ2) is 16.2. The monoisotopic (exact) mass is 898 g/mol. The van der Waals surface area contributed by atoms with Gasteiger partial charge in [-0.05, 0) is 42.5 Å². The number of aromatic hydroxyl groups is 2. The maximum Gasteiger partial charge on any atom is 0.397 e. The Hall–Kier alpha value is -4.61. The number of phenols is 2. The lowest BCUT2D eigenvalue weighted by Gasteiger charge is -2.10. The van der Waals surface area contributed by atoms with Gasteiger partial charge in [0.25, 0.3) is 20.2 Å². The Morgan fingerprint density at radius 3 is 1.29 bits per heavy atom. The Morgan fingerprint density at radius 1 is 0.564 bits per heavy atom. The number of benzene rings is 3. The molecule has 0 fully saturated rings. The zero-order chi connectivity index (χ0) is 41.9. The summed E-state index contributed by atoms with van der Waals surface area (Å²) in [6.07, 6.45) is 0. The molecule has 0 aliphatic rings. The van der Waals surface area contributed by atoms with Gasteiger partial charge in [0.05, 0.1) is 40.1 Å². The number of carbonyl (C=O) groups is 1. The maximum absolute atomic E-state index is 12.6. The molecule has 0 heterocycles. The molecule has 0 aliphatic heterocycles. The summed E-state index contributed by atoms with van der Waals surface area (Å²) in [6.45, 7) is -2.24. The van der Waals surface area contributed by atoms with Crippen LogP contribution in [0.2, 0.25) is 0 Å². The van der Waals surface area contributed by atoms with Crippen molar-refractivity contribution >= 4 is 89.4 Å². The van der Waals surface area contributed by atoms with E-state index >= 15 is 0 Å². The highest BCUT2D eigenvalue weighted by Crippen LogP contribution is 2.47. The highest BCUT2D eigenvalue weighted by molar-refractivity contribution is 7.92. The Kier molecular flexibility index (Phi) is 13.2. The third kappa shape index (κ3) is 12.2. The van der Waals surface area contributed by atoms with E-state index in [1.54, 1.807) is 0 Å². The van der Waals surface area contributed by atoms with E-state index in [-0.39, 0.29) is 0 Å². The Bertz CT molecular complexity index is 2780. The van der Waals surface area contributed by atoms with Crippen LogP contribution in [0.15, 0.2) is 82.5 Å². The molecular weight excluding hydrogens is 877 g/mol. The Labute approximate surface area is 309 Å². The van der Waals surface area contributed by atoms with Gasteiger partial charge >= 0.3 is 26.8 Å². The molecule has 32 heteroatoms. The average molecular weight is 899 g/mol. The molecule has 0 aliphatic carbocycles. The minimum absolute atomic E-state index is 0.331. The summed E-state index contributed by atoms with van der Waals surface area (Å²) in [5.74, 6) is -6.77. The van der Waals surface area contributed by atoms with Crippen molar-refractivity contribution in [2.45, 2.75) is 19.6 Å². The van der Waals surface area contributed by atoms with Crippen molar-refractivity contribution in [3.8, 4) is 11.5 Å². The van der Waals surface area contributed by atoms with Crippen LogP contribution in [-0.2, 0) is 69.1 Å². The zero-order valence-corrected chi connectivity index (χ0v) is 31.3. The summed E-state index contributed by atoms with van der Waals surface area (Å²) < 4.78 is 186. The minimum Gasteiger partial charge on any atom is -0.505 e. The fourth-order valence-corrected chi connectivity index (χ4v) is 8.36. The number of carboxylic acids is 1. The van der Waals surface area contributed by atoms with Crippen molar-refractivity contribution in [3.63, 3.8) is 0 Å². The first kappa shape index (κ1) is 44.8. The molecule has 26 nitrogen and oxygen atoms in total. The van der Waals surface area contributed by atoms with E-state index in [4.69, 9.17) is 9.11 Å². The molecule has 0 saturated heterocycles. The van der Waals surface area contributed by atoms with Gasteiger partial charge in [0.1, 0.15) is 32.6 Å². The number of sulfone groups is 2. The molecular formula is C23H22N4O22S6. The summed E-state index contributed by atoms with van der Waals surface area (Å²) in [5.41, 5.74) is -5.06. The number of hydrogen-bond acceptors (Lipinski definition) is 21. The topological polar surface area (TPSA) is 431 Å². The lowest BCUT2D eigenvalue weighted by molar-refractivity contribution is 0.0696. The van der Waals surface area contributed by atoms with Gasteiger partial charge in [-0.3, -0.25) is 18.2 Å². The van der Waals surface area contributed by atoms with Crippen LogP contribution < -0.4 is 0 Å². The second-order valence-corrected chi connectivity index (χ2v) is 19.2. The predicted octanol–water partition coefficient (Wildman–Crippen LogP) is 1.31. The van der Waals surface area contributed by atoms with Crippen LogP contribution in [-0.4, -0.2) is 115 Å². The van der Waals surface area contributed by atoms with Crippen molar-refractivity contribution < 1.29 is 97.2 Å². The van der Waals surface area contributed by atoms with Gasteiger partial charge in [0, 0.05) is 0 Å². The van der Waals surface area contributed by atoms with E-state index in [1.165, 1.54) is 0 Å². The quantitative estimate of drug-likeness (QED) is 0.0741. The number of nitrogens with zero attached hydrogens (tertiary/aromatic N) is 4. The molecule has 0 atom stereocenters. The van der Waals surface area contributed by atoms with E-state index in [0.717, 1.165) is 0 Å². The van der Waals surface area contributed by atoms with E-state index in [2.05, 4.69) is 28.8 Å². The predicted molar refractivity (Wildman–Crippen MR) is 177 cm³/mol. The third-order valence-electron chi connectivity index (χ3n) is 6.28. The molecule has 7 N–H and O–H groups in total. The molecule has 0 unspecified atom stereocenters. The lowest BCUT2D eigenvalue weighted by atomic mass is 10.1. The van der Waals surface area contributed by atoms with Crippen LogP contribution in [0.4, 0.5) is 22.7 Å². The molecule has 3 aromatic rings.